The average Bonchev–Trinajstić information content (AvgIpc) is 2.48. The summed E-state index contributed by atoms with van der Waals surface area (Å²) in [5.41, 5.74) is 0. The van der Waals surface area contributed by atoms with E-state index >= 15 is 0 Å². The summed E-state index contributed by atoms with van der Waals surface area (Å²) in [6.45, 7) is 2.95. The van der Waals surface area contributed by atoms with Crippen molar-refractivity contribution in [3.8, 4) is 0 Å². The van der Waals surface area contributed by atoms with Crippen LogP contribution >= 0.6 is 0 Å². The third kappa shape index (κ3) is 3.02. The lowest BCUT2D eigenvalue weighted by Gasteiger charge is -2.41. The van der Waals surface area contributed by atoms with E-state index in [1.165, 1.54) is 38.5 Å². The van der Waals surface area contributed by atoms with E-state index in [0.29, 0.717) is 17.7 Å². The fourth-order valence-electron chi connectivity index (χ4n) is 4.90. The average molecular weight is 291 g/mol. The summed E-state index contributed by atoms with van der Waals surface area (Å²) < 4.78 is 0. The molecule has 3 saturated carbocycles. The van der Waals surface area contributed by atoms with Crippen molar-refractivity contribution in [2.75, 3.05) is 6.54 Å². The SMILES string of the molecule is CCN(C(=O)C1C[C@H]2CCC[C@@H](C1)C2=O)C1CCCCC1. The van der Waals surface area contributed by atoms with Gasteiger partial charge in [-0.05, 0) is 45.4 Å². The van der Waals surface area contributed by atoms with E-state index < -0.39 is 0 Å². The fourth-order valence-corrected chi connectivity index (χ4v) is 4.90. The summed E-state index contributed by atoms with van der Waals surface area (Å²) in [6, 6.07) is 0.466. The maximum absolute atomic E-state index is 13.0. The van der Waals surface area contributed by atoms with Crippen molar-refractivity contribution >= 4 is 11.7 Å². The highest BCUT2D eigenvalue weighted by atomic mass is 16.2. The second kappa shape index (κ2) is 6.50. The minimum absolute atomic E-state index is 0.125. The van der Waals surface area contributed by atoms with Gasteiger partial charge in [0.15, 0.2) is 0 Å². The molecule has 0 saturated heterocycles. The predicted octanol–water partition coefficient (Wildman–Crippen LogP) is 3.56. The van der Waals surface area contributed by atoms with E-state index in [2.05, 4.69) is 11.8 Å². The van der Waals surface area contributed by atoms with Crippen LogP contribution < -0.4 is 0 Å². The molecular weight excluding hydrogens is 262 g/mol. The Labute approximate surface area is 128 Å². The first-order valence-corrected chi connectivity index (χ1v) is 9.05. The molecule has 3 atom stereocenters. The molecule has 3 nitrogen and oxygen atoms in total. The van der Waals surface area contributed by atoms with E-state index in [9.17, 15) is 9.59 Å². The maximum Gasteiger partial charge on any atom is 0.225 e. The molecule has 0 heterocycles. The van der Waals surface area contributed by atoms with Crippen molar-refractivity contribution in [1.29, 1.82) is 0 Å². The number of nitrogens with zero attached hydrogens (tertiary/aromatic N) is 1. The van der Waals surface area contributed by atoms with Gasteiger partial charge in [0.25, 0.3) is 0 Å². The first-order chi connectivity index (χ1) is 10.2. The molecule has 0 aliphatic heterocycles. The molecule has 0 radical (unpaired) electrons. The van der Waals surface area contributed by atoms with Gasteiger partial charge in [0.05, 0.1) is 0 Å². The molecule has 118 valence electrons. The van der Waals surface area contributed by atoms with Crippen LogP contribution in [0, 0.1) is 17.8 Å². The Morgan fingerprint density at radius 3 is 2.19 bits per heavy atom. The van der Waals surface area contributed by atoms with Gasteiger partial charge in [0.2, 0.25) is 5.91 Å². The Balaban J connectivity index is 1.67. The van der Waals surface area contributed by atoms with Gasteiger partial charge >= 0.3 is 0 Å². The fraction of sp³-hybridized carbons (Fsp3) is 0.889. The molecule has 0 spiro atoms. The normalized spacial score (nSPS) is 33.8. The standard InChI is InChI=1S/C18H29NO2/c1-2-19(16-9-4-3-5-10-16)18(21)15-11-13-7-6-8-14(12-15)17(13)20/h13-16H,2-12H2,1H3/t13-,14+,15?. The lowest BCUT2D eigenvalue weighted by molar-refractivity contribution is -0.145. The zero-order valence-corrected chi connectivity index (χ0v) is 13.4. The van der Waals surface area contributed by atoms with Gasteiger partial charge < -0.3 is 4.90 Å². The number of rotatable bonds is 3. The Bertz CT molecular complexity index is 384. The van der Waals surface area contributed by atoms with E-state index in [-0.39, 0.29) is 17.8 Å². The molecule has 3 aliphatic carbocycles. The topological polar surface area (TPSA) is 37.4 Å². The monoisotopic (exact) mass is 291 g/mol. The lowest BCUT2D eigenvalue weighted by atomic mass is 9.66. The van der Waals surface area contributed by atoms with E-state index in [1.807, 2.05) is 0 Å². The summed E-state index contributed by atoms with van der Waals surface area (Å²) >= 11 is 0. The number of fused-ring (bicyclic) bond motifs is 2. The molecule has 3 fully saturated rings. The summed E-state index contributed by atoms with van der Waals surface area (Å²) in [4.78, 5) is 27.3. The van der Waals surface area contributed by atoms with E-state index in [1.54, 1.807) is 0 Å². The van der Waals surface area contributed by atoms with Crippen LogP contribution in [0.25, 0.3) is 0 Å². The highest BCUT2D eigenvalue weighted by molar-refractivity contribution is 5.88. The Kier molecular flexibility index (Phi) is 4.66. The molecule has 0 N–H and O–H groups in total. The van der Waals surface area contributed by atoms with Crippen LogP contribution in [0.4, 0.5) is 0 Å². The highest BCUT2D eigenvalue weighted by Crippen LogP contribution is 2.41. The van der Waals surface area contributed by atoms with Crippen LogP contribution in [0.15, 0.2) is 0 Å². The number of ketones is 1. The Morgan fingerprint density at radius 1 is 1.00 bits per heavy atom. The third-order valence-electron chi connectivity index (χ3n) is 6.04. The first-order valence-electron chi connectivity index (χ1n) is 9.05. The molecule has 1 amide bonds. The largest absolute Gasteiger partial charge is 0.340 e. The number of carbonyl (C=O) groups is 2. The molecule has 3 rings (SSSR count). The van der Waals surface area contributed by atoms with Gasteiger partial charge in [0, 0.05) is 30.3 Å². The molecular formula is C18H29NO2. The predicted molar refractivity (Wildman–Crippen MR) is 82.8 cm³/mol. The van der Waals surface area contributed by atoms with Crippen molar-refractivity contribution in [2.24, 2.45) is 17.8 Å². The third-order valence-corrected chi connectivity index (χ3v) is 6.04. The van der Waals surface area contributed by atoms with Crippen molar-refractivity contribution in [1.82, 2.24) is 4.90 Å². The van der Waals surface area contributed by atoms with Crippen molar-refractivity contribution in [3.05, 3.63) is 0 Å². The second-order valence-corrected chi connectivity index (χ2v) is 7.31. The van der Waals surface area contributed by atoms with Gasteiger partial charge in [-0.15, -0.1) is 0 Å². The second-order valence-electron chi connectivity index (χ2n) is 7.31. The van der Waals surface area contributed by atoms with Gasteiger partial charge in [-0.1, -0.05) is 25.7 Å². The van der Waals surface area contributed by atoms with Crippen molar-refractivity contribution < 1.29 is 9.59 Å². The van der Waals surface area contributed by atoms with Gasteiger partial charge in [-0.25, -0.2) is 0 Å². The van der Waals surface area contributed by atoms with Crippen molar-refractivity contribution in [2.45, 2.75) is 77.2 Å². The van der Waals surface area contributed by atoms with Crippen LogP contribution in [0.5, 0.6) is 0 Å². The molecule has 3 heteroatoms. The van der Waals surface area contributed by atoms with Crippen molar-refractivity contribution in [3.63, 3.8) is 0 Å². The number of amides is 1. The van der Waals surface area contributed by atoms with Crippen LogP contribution in [0.1, 0.15) is 71.1 Å². The number of hydrogen-bond donors (Lipinski definition) is 0. The summed E-state index contributed by atoms with van der Waals surface area (Å²) in [7, 11) is 0. The molecule has 0 aromatic carbocycles. The van der Waals surface area contributed by atoms with Gasteiger partial charge in [-0.2, -0.15) is 0 Å². The van der Waals surface area contributed by atoms with Gasteiger partial charge in [-0.3, -0.25) is 9.59 Å². The summed E-state index contributed by atoms with van der Waals surface area (Å²) in [5.74, 6) is 1.33. The van der Waals surface area contributed by atoms with Crippen LogP contribution in [-0.2, 0) is 9.59 Å². The van der Waals surface area contributed by atoms with Crippen LogP contribution in [-0.4, -0.2) is 29.2 Å². The van der Waals surface area contributed by atoms with E-state index in [0.717, 1.165) is 32.2 Å². The van der Waals surface area contributed by atoms with Crippen LogP contribution in [0.2, 0.25) is 0 Å². The Hall–Kier alpha value is -0.860. The highest BCUT2D eigenvalue weighted by Gasteiger charge is 2.42. The molecule has 3 aliphatic rings. The maximum atomic E-state index is 13.0. The quantitative estimate of drug-likeness (QED) is 0.797. The molecule has 21 heavy (non-hydrogen) atoms. The summed E-state index contributed by atoms with van der Waals surface area (Å²) in [6.07, 6.45) is 11.1. The number of carbonyl (C=O) groups excluding carboxylic acids is 2. The lowest BCUT2D eigenvalue weighted by Crippen LogP contribution is -2.48. The molecule has 2 bridgehead atoms. The zero-order chi connectivity index (χ0) is 14.8. The Morgan fingerprint density at radius 2 is 1.62 bits per heavy atom. The van der Waals surface area contributed by atoms with Crippen LogP contribution in [0.3, 0.4) is 0 Å². The minimum atomic E-state index is 0.125. The van der Waals surface area contributed by atoms with Gasteiger partial charge in [0.1, 0.15) is 5.78 Å². The first kappa shape index (κ1) is 15.1. The summed E-state index contributed by atoms with van der Waals surface area (Å²) in [5, 5.41) is 0. The number of Topliss-reactive ketones (excluding diaryl/α,β-unsaturated/α-hetero) is 1. The molecule has 1 unspecified atom stereocenters. The molecule has 0 aromatic heterocycles. The number of hydrogen-bond acceptors (Lipinski definition) is 2. The minimum Gasteiger partial charge on any atom is -0.340 e. The smallest absolute Gasteiger partial charge is 0.225 e. The molecule has 0 aromatic rings. The van der Waals surface area contributed by atoms with E-state index in [4.69, 9.17) is 0 Å². The zero-order valence-electron chi connectivity index (χ0n) is 13.4.